The number of piperidine rings is 1. The van der Waals surface area contributed by atoms with Crippen molar-refractivity contribution in [3.63, 3.8) is 0 Å². The highest BCUT2D eigenvalue weighted by Gasteiger charge is 2.59. The number of rotatable bonds is 5. The van der Waals surface area contributed by atoms with Crippen molar-refractivity contribution in [3.05, 3.63) is 48.1 Å². The molecule has 1 aliphatic carbocycles. The predicted octanol–water partition coefficient (Wildman–Crippen LogP) is 2.26. The molecule has 32 heavy (non-hydrogen) atoms. The normalized spacial score (nSPS) is 21.5. The van der Waals surface area contributed by atoms with Crippen LogP contribution in [-0.2, 0) is 0 Å². The third-order valence-corrected chi connectivity index (χ3v) is 6.17. The number of anilines is 2. The minimum Gasteiger partial charge on any atom is -0.465 e. The molecule has 10 nitrogen and oxygen atoms in total. The van der Waals surface area contributed by atoms with Gasteiger partial charge in [-0.25, -0.2) is 24.1 Å². The Morgan fingerprint density at radius 2 is 2.00 bits per heavy atom. The van der Waals surface area contributed by atoms with Gasteiger partial charge in [-0.05, 0) is 13.8 Å². The fourth-order valence-corrected chi connectivity index (χ4v) is 4.66. The fraction of sp³-hybridized carbons (Fsp3) is 0.381. The standard InChI is InChI=1S/C21H22FN7O3/c1-3-29(21(31)32)18-13-9-27(10-14(13)18)17-6-23-16(5-24-17)20(30)26-12-4-15(22)19-25-11(2)7-28(19)8-12/h4-8,13-14,18H,3,9-10H2,1-2H3,(H,26,30)(H,31,32). The summed E-state index contributed by atoms with van der Waals surface area (Å²) in [5.41, 5.74) is 1.26. The lowest BCUT2D eigenvalue weighted by Gasteiger charge is -2.25. The lowest BCUT2D eigenvalue weighted by atomic mass is 10.3. The number of nitrogens with one attached hydrogen (secondary N) is 1. The second-order valence-electron chi connectivity index (χ2n) is 8.20. The van der Waals surface area contributed by atoms with E-state index in [1.165, 1.54) is 27.8 Å². The van der Waals surface area contributed by atoms with Crippen LogP contribution in [0.4, 0.5) is 20.7 Å². The van der Waals surface area contributed by atoms with Gasteiger partial charge in [0.05, 0.1) is 23.8 Å². The number of carboxylic acid groups (broad SMARTS) is 1. The van der Waals surface area contributed by atoms with Gasteiger partial charge in [0.1, 0.15) is 11.5 Å². The summed E-state index contributed by atoms with van der Waals surface area (Å²) >= 11 is 0. The number of halogens is 1. The zero-order valence-electron chi connectivity index (χ0n) is 17.6. The highest BCUT2D eigenvalue weighted by Crippen LogP contribution is 2.49. The molecule has 3 aromatic heterocycles. The molecule has 0 bridgehead atoms. The maximum atomic E-state index is 14.2. The van der Waals surface area contributed by atoms with E-state index in [-0.39, 0.29) is 23.1 Å². The van der Waals surface area contributed by atoms with Crippen LogP contribution in [0.2, 0.25) is 0 Å². The average Bonchev–Trinajstić information content (AvgIpc) is 3.09. The molecule has 2 amide bonds. The maximum absolute atomic E-state index is 14.2. The van der Waals surface area contributed by atoms with Crippen LogP contribution in [0.3, 0.4) is 0 Å². The largest absolute Gasteiger partial charge is 0.465 e. The van der Waals surface area contributed by atoms with Crippen LogP contribution >= 0.6 is 0 Å². The molecule has 2 atom stereocenters. The molecule has 0 spiro atoms. The van der Waals surface area contributed by atoms with Gasteiger partial charge >= 0.3 is 6.09 Å². The molecule has 2 N–H and O–H groups in total. The van der Waals surface area contributed by atoms with Crippen LogP contribution in [0.5, 0.6) is 0 Å². The summed E-state index contributed by atoms with van der Waals surface area (Å²) in [5, 5.41) is 11.9. The first-order valence-corrected chi connectivity index (χ1v) is 10.4. The number of fused-ring (bicyclic) bond motifs is 2. The Morgan fingerprint density at radius 3 is 2.62 bits per heavy atom. The number of hydrogen-bond acceptors (Lipinski definition) is 6. The molecule has 166 valence electrons. The zero-order chi connectivity index (χ0) is 22.6. The summed E-state index contributed by atoms with van der Waals surface area (Å²) in [6, 6.07) is 1.29. The Morgan fingerprint density at radius 1 is 1.25 bits per heavy atom. The second-order valence-corrected chi connectivity index (χ2v) is 8.20. The summed E-state index contributed by atoms with van der Waals surface area (Å²) in [6.45, 7) is 5.51. The van der Waals surface area contributed by atoms with Crippen molar-refractivity contribution in [2.24, 2.45) is 11.8 Å². The number of carbonyl (C=O) groups excluding carboxylic acids is 1. The van der Waals surface area contributed by atoms with Crippen molar-refractivity contribution in [1.29, 1.82) is 0 Å². The Bertz CT molecular complexity index is 1200. The van der Waals surface area contributed by atoms with Crippen molar-refractivity contribution >= 4 is 29.2 Å². The van der Waals surface area contributed by atoms with Gasteiger partial charge in [-0.15, -0.1) is 0 Å². The Hall–Kier alpha value is -3.76. The predicted molar refractivity (Wildman–Crippen MR) is 113 cm³/mol. The monoisotopic (exact) mass is 439 g/mol. The quantitative estimate of drug-likeness (QED) is 0.626. The Kier molecular flexibility index (Phi) is 4.68. The van der Waals surface area contributed by atoms with Crippen molar-refractivity contribution in [2.45, 2.75) is 19.9 Å². The zero-order valence-corrected chi connectivity index (χ0v) is 17.6. The van der Waals surface area contributed by atoms with E-state index in [2.05, 4.69) is 25.2 Å². The molecular formula is C21H22FN7O3. The molecular weight excluding hydrogens is 417 g/mol. The number of carbonyl (C=O) groups is 2. The molecule has 5 rings (SSSR count). The fourth-order valence-electron chi connectivity index (χ4n) is 4.66. The van der Waals surface area contributed by atoms with E-state index >= 15 is 0 Å². The molecule has 11 heteroatoms. The number of nitrogens with zero attached hydrogens (tertiary/aromatic N) is 6. The van der Waals surface area contributed by atoms with E-state index in [1.54, 1.807) is 19.3 Å². The first-order valence-electron chi connectivity index (χ1n) is 10.4. The van der Waals surface area contributed by atoms with Crippen molar-refractivity contribution in [1.82, 2.24) is 24.3 Å². The van der Waals surface area contributed by atoms with Crippen LogP contribution in [-0.4, -0.2) is 67.0 Å². The number of hydrogen-bond donors (Lipinski definition) is 2. The van der Waals surface area contributed by atoms with Crippen molar-refractivity contribution in [3.8, 4) is 0 Å². The third kappa shape index (κ3) is 3.39. The molecule has 1 saturated heterocycles. The van der Waals surface area contributed by atoms with Crippen LogP contribution in [0.25, 0.3) is 5.65 Å². The number of aromatic nitrogens is 4. The molecule has 0 aromatic carbocycles. The summed E-state index contributed by atoms with van der Waals surface area (Å²) < 4.78 is 15.7. The number of amides is 2. The second kappa shape index (κ2) is 7.43. The van der Waals surface area contributed by atoms with Gasteiger partial charge in [-0.3, -0.25) is 4.79 Å². The molecule has 2 fully saturated rings. The van der Waals surface area contributed by atoms with Gasteiger partial charge in [0, 0.05) is 56.0 Å². The minimum atomic E-state index is -0.879. The maximum Gasteiger partial charge on any atom is 0.407 e. The van der Waals surface area contributed by atoms with E-state index in [4.69, 9.17) is 0 Å². The number of aryl methyl sites for hydroxylation is 1. The van der Waals surface area contributed by atoms with Crippen molar-refractivity contribution in [2.75, 3.05) is 29.9 Å². The summed E-state index contributed by atoms with van der Waals surface area (Å²) in [7, 11) is 0. The van der Waals surface area contributed by atoms with Crippen LogP contribution in [0.1, 0.15) is 23.1 Å². The Labute approximate surface area is 182 Å². The Balaban J connectivity index is 1.23. The molecule has 2 aliphatic rings. The third-order valence-electron chi connectivity index (χ3n) is 6.17. The van der Waals surface area contributed by atoms with Gasteiger partial charge in [0.15, 0.2) is 11.5 Å². The summed E-state index contributed by atoms with van der Waals surface area (Å²) in [4.78, 5) is 40.1. The topological polar surface area (TPSA) is 116 Å². The van der Waals surface area contributed by atoms with Gasteiger partial charge in [0.2, 0.25) is 0 Å². The average molecular weight is 439 g/mol. The van der Waals surface area contributed by atoms with Crippen LogP contribution < -0.4 is 10.2 Å². The van der Waals surface area contributed by atoms with Crippen molar-refractivity contribution < 1.29 is 19.1 Å². The summed E-state index contributed by atoms with van der Waals surface area (Å²) in [5.74, 6) is 0.212. The molecule has 4 heterocycles. The van der Waals surface area contributed by atoms with E-state index in [9.17, 15) is 19.1 Å². The minimum absolute atomic E-state index is 0.0729. The first-order chi connectivity index (χ1) is 15.4. The van der Waals surface area contributed by atoms with Crippen LogP contribution in [0, 0.1) is 24.6 Å². The number of pyridine rings is 1. The van der Waals surface area contributed by atoms with Gasteiger partial charge in [-0.1, -0.05) is 0 Å². The highest BCUT2D eigenvalue weighted by atomic mass is 19.1. The SMILES string of the molecule is CCN(C(=O)O)C1C2CN(c3cnc(C(=O)Nc4cc(F)c5nc(C)cn5c4)cn3)CC21. The first kappa shape index (κ1) is 20.2. The van der Waals surface area contributed by atoms with Crippen LogP contribution in [0.15, 0.2) is 30.9 Å². The smallest absolute Gasteiger partial charge is 0.407 e. The lowest BCUT2D eigenvalue weighted by Crippen LogP contribution is -2.38. The molecule has 3 aromatic rings. The van der Waals surface area contributed by atoms with Gasteiger partial charge < -0.3 is 24.6 Å². The molecule has 2 unspecified atom stereocenters. The van der Waals surface area contributed by atoms with E-state index in [0.717, 1.165) is 0 Å². The van der Waals surface area contributed by atoms with E-state index in [0.29, 0.717) is 43.0 Å². The summed E-state index contributed by atoms with van der Waals surface area (Å²) in [6.07, 6.45) is 5.30. The van der Waals surface area contributed by atoms with E-state index in [1.807, 2.05) is 6.92 Å². The van der Waals surface area contributed by atoms with Gasteiger partial charge in [0.25, 0.3) is 5.91 Å². The molecule has 0 radical (unpaired) electrons. The molecule has 1 saturated carbocycles. The molecule has 1 aliphatic heterocycles. The van der Waals surface area contributed by atoms with Gasteiger partial charge in [-0.2, -0.15) is 0 Å². The highest BCUT2D eigenvalue weighted by molar-refractivity contribution is 6.02. The number of imidazole rings is 1. The van der Waals surface area contributed by atoms with E-state index < -0.39 is 17.8 Å². The lowest BCUT2D eigenvalue weighted by molar-refractivity contribution is 0.102.